The standard InChI is InChI=1S/C8H6N2OS/c1-2-7(11-4-1)6-10-8-9-3-5-12-8/h1-6H. The van der Waals surface area contributed by atoms with E-state index < -0.39 is 0 Å². The summed E-state index contributed by atoms with van der Waals surface area (Å²) >= 11 is 1.49. The molecule has 60 valence electrons. The maximum atomic E-state index is 5.06. The highest BCUT2D eigenvalue weighted by Gasteiger charge is 1.90. The second-order valence-corrected chi connectivity index (χ2v) is 2.96. The summed E-state index contributed by atoms with van der Waals surface area (Å²) in [7, 11) is 0. The van der Waals surface area contributed by atoms with Gasteiger partial charge in [0.25, 0.3) is 0 Å². The summed E-state index contributed by atoms with van der Waals surface area (Å²) in [6, 6.07) is 3.67. The summed E-state index contributed by atoms with van der Waals surface area (Å²) in [6.07, 6.45) is 4.99. The SMILES string of the molecule is C(=Nc1nccs1)c1ccco1. The molecular weight excluding hydrogens is 172 g/mol. The fourth-order valence-electron chi connectivity index (χ4n) is 0.763. The molecule has 2 heterocycles. The molecule has 0 aromatic carbocycles. The smallest absolute Gasteiger partial charge is 0.209 e. The van der Waals surface area contributed by atoms with E-state index >= 15 is 0 Å². The molecule has 0 radical (unpaired) electrons. The fourth-order valence-corrected chi connectivity index (χ4v) is 1.24. The lowest BCUT2D eigenvalue weighted by Gasteiger charge is -1.81. The van der Waals surface area contributed by atoms with Gasteiger partial charge in [-0.3, -0.25) is 0 Å². The largest absolute Gasteiger partial charge is 0.463 e. The zero-order chi connectivity index (χ0) is 8.23. The summed E-state index contributed by atoms with van der Waals surface area (Å²) in [5, 5.41) is 2.63. The zero-order valence-electron chi connectivity index (χ0n) is 6.18. The first-order chi connectivity index (χ1) is 5.95. The number of hydrogen-bond acceptors (Lipinski definition) is 4. The Hall–Kier alpha value is -1.42. The summed E-state index contributed by atoms with van der Waals surface area (Å²) < 4.78 is 5.06. The van der Waals surface area contributed by atoms with E-state index in [4.69, 9.17) is 4.42 Å². The van der Waals surface area contributed by atoms with Gasteiger partial charge >= 0.3 is 0 Å². The van der Waals surface area contributed by atoms with E-state index in [0.29, 0.717) is 0 Å². The topological polar surface area (TPSA) is 38.4 Å². The van der Waals surface area contributed by atoms with Crippen molar-refractivity contribution in [3.05, 3.63) is 35.7 Å². The van der Waals surface area contributed by atoms with Crippen molar-refractivity contribution in [2.24, 2.45) is 4.99 Å². The van der Waals surface area contributed by atoms with Gasteiger partial charge in [-0.25, -0.2) is 9.98 Å². The molecule has 2 aromatic rings. The van der Waals surface area contributed by atoms with Crippen LogP contribution in [0.1, 0.15) is 5.76 Å². The molecule has 3 nitrogen and oxygen atoms in total. The van der Waals surface area contributed by atoms with Crippen LogP contribution in [-0.4, -0.2) is 11.2 Å². The molecule has 0 unspecified atom stereocenters. The predicted molar refractivity (Wildman–Crippen MR) is 48.1 cm³/mol. The number of furan rings is 1. The van der Waals surface area contributed by atoms with E-state index in [1.165, 1.54) is 11.3 Å². The first-order valence-electron chi connectivity index (χ1n) is 3.42. The first kappa shape index (κ1) is 7.24. The van der Waals surface area contributed by atoms with Crippen molar-refractivity contribution in [3.63, 3.8) is 0 Å². The molecule has 2 aromatic heterocycles. The Bertz CT molecular complexity index is 314. The number of aliphatic imine (C=N–C) groups is 1. The van der Waals surface area contributed by atoms with Crippen LogP contribution in [0.15, 0.2) is 39.4 Å². The molecule has 0 saturated heterocycles. The lowest BCUT2D eigenvalue weighted by atomic mass is 10.5. The van der Waals surface area contributed by atoms with Gasteiger partial charge in [0.2, 0.25) is 5.13 Å². The van der Waals surface area contributed by atoms with Crippen LogP contribution in [0.5, 0.6) is 0 Å². The van der Waals surface area contributed by atoms with Gasteiger partial charge in [0, 0.05) is 11.6 Å². The number of aromatic nitrogens is 1. The molecule has 0 spiro atoms. The Balaban J connectivity index is 2.14. The van der Waals surface area contributed by atoms with Crippen LogP contribution in [0, 0.1) is 0 Å². The van der Waals surface area contributed by atoms with Crippen molar-refractivity contribution >= 4 is 22.7 Å². The van der Waals surface area contributed by atoms with Crippen LogP contribution in [0.4, 0.5) is 5.13 Å². The molecule has 0 saturated carbocycles. The molecule has 0 fully saturated rings. The van der Waals surface area contributed by atoms with Gasteiger partial charge in [-0.05, 0) is 12.1 Å². The van der Waals surface area contributed by atoms with Crippen molar-refractivity contribution in [2.75, 3.05) is 0 Å². The Morgan fingerprint density at radius 2 is 2.58 bits per heavy atom. The van der Waals surface area contributed by atoms with Crippen LogP contribution < -0.4 is 0 Å². The molecule has 0 aliphatic rings. The van der Waals surface area contributed by atoms with Gasteiger partial charge in [0.1, 0.15) is 5.76 Å². The van der Waals surface area contributed by atoms with Crippen molar-refractivity contribution in [1.29, 1.82) is 0 Å². The van der Waals surface area contributed by atoms with Crippen molar-refractivity contribution < 1.29 is 4.42 Å². The molecule has 0 bridgehead atoms. The van der Waals surface area contributed by atoms with Gasteiger partial charge in [-0.1, -0.05) is 0 Å². The highest BCUT2D eigenvalue weighted by Crippen LogP contribution is 2.14. The van der Waals surface area contributed by atoms with Crippen LogP contribution >= 0.6 is 11.3 Å². The average molecular weight is 178 g/mol. The van der Waals surface area contributed by atoms with Crippen LogP contribution in [0.25, 0.3) is 0 Å². The van der Waals surface area contributed by atoms with Crippen molar-refractivity contribution in [1.82, 2.24) is 4.98 Å². The monoisotopic (exact) mass is 178 g/mol. The third kappa shape index (κ3) is 1.60. The quantitative estimate of drug-likeness (QED) is 0.662. The van der Waals surface area contributed by atoms with E-state index in [0.717, 1.165) is 10.9 Å². The van der Waals surface area contributed by atoms with Crippen LogP contribution in [-0.2, 0) is 0 Å². The van der Waals surface area contributed by atoms with Crippen molar-refractivity contribution in [2.45, 2.75) is 0 Å². The molecule has 0 N–H and O–H groups in total. The summed E-state index contributed by atoms with van der Waals surface area (Å²) in [5.41, 5.74) is 0. The maximum absolute atomic E-state index is 5.06. The Morgan fingerprint density at radius 1 is 1.58 bits per heavy atom. The van der Waals surface area contributed by atoms with Crippen molar-refractivity contribution in [3.8, 4) is 0 Å². The van der Waals surface area contributed by atoms with Crippen LogP contribution in [0.2, 0.25) is 0 Å². The molecule has 0 aliphatic heterocycles. The van der Waals surface area contributed by atoms with E-state index in [1.54, 1.807) is 18.7 Å². The highest BCUT2D eigenvalue weighted by molar-refractivity contribution is 7.13. The van der Waals surface area contributed by atoms with Gasteiger partial charge < -0.3 is 4.42 Å². The maximum Gasteiger partial charge on any atom is 0.209 e. The molecule has 12 heavy (non-hydrogen) atoms. The summed E-state index contributed by atoms with van der Waals surface area (Å²) in [4.78, 5) is 8.09. The average Bonchev–Trinajstić information content (AvgIpc) is 2.74. The van der Waals surface area contributed by atoms with Gasteiger partial charge in [-0.15, -0.1) is 11.3 Å². The molecule has 0 amide bonds. The molecule has 4 heteroatoms. The number of nitrogens with zero attached hydrogens (tertiary/aromatic N) is 2. The van der Waals surface area contributed by atoms with E-state index in [2.05, 4.69) is 9.98 Å². The Labute approximate surface area is 73.4 Å². The molecule has 2 rings (SSSR count). The molecule has 0 atom stereocenters. The van der Waals surface area contributed by atoms with E-state index in [1.807, 2.05) is 17.5 Å². The van der Waals surface area contributed by atoms with Gasteiger partial charge in [-0.2, -0.15) is 0 Å². The minimum atomic E-state index is 0.741. The second kappa shape index (κ2) is 3.32. The number of rotatable bonds is 2. The minimum Gasteiger partial charge on any atom is -0.463 e. The number of thiazole rings is 1. The van der Waals surface area contributed by atoms with Gasteiger partial charge in [0.15, 0.2) is 0 Å². The molecule has 0 aliphatic carbocycles. The number of hydrogen-bond donors (Lipinski definition) is 0. The Kier molecular flexibility index (Phi) is 2.00. The highest BCUT2D eigenvalue weighted by atomic mass is 32.1. The third-order valence-corrected chi connectivity index (χ3v) is 1.94. The normalized spacial score (nSPS) is 11.0. The third-order valence-electron chi connectivity index (χ3n) is 1.26. The van der Waals surface area contributed by atoms with E-state index in [9.17, 15) is 0 Å². The second-order valence-electron chi connectivity index (χ2n) is 2.09. The minimum absolute atomic E-state index is 0.741. The summed E-state index contributed by atoms with van der Waals surface area (Å²) in [6.45, 7) is 0. The lowest BCUT2D eigenvalue weighted by Crippen LogP contribution is -1.71. The lowest BCUT2D eigenvalue weighted by molar-refractivity contribution is 0.560. The Morgan fingerprint density at radius 3 is 3.25 bits per heavy atom. The summed E-state index contributed by atoms with van der Waals surface area (Å²) in [5.74, 6) is 0.741. The van der Waals surface area contributed by atoms with Crippen LogP contribution in [0.3, 0.4) is 0 Å². The first-order valence-corrected chi connectivity index (χ1v) is 4.30. The fraction of sp³-hybridized carbons (Fsp3) is 0. The zero-order valence-corrected chi connectivity index (χ0v) is 6.99. The van der Waals surface area contributed by atoms with Gasteiger partial charge in [0.05, 0.1) is 12.5 Å². The van der Waals surface area contributed by atoms with E-state index in [-0.39, 0.29) is 0 Å². The predicted octanol–water partition coefficient (Wildman–Crippen LogP) is 2.49. The molecular formula is C8H6N2OS.